The molecule has 0 aromatic carbocycles. The summed E-state index contributed by atoms with van der Waals surface area (Å²) in [6.45, 7) is 1.91. The minimum absolute atomic E-state index is 0.0432. The molecule has 0 spiro atoms. The summed E-state index contributed by atoms with van der Waals surface area (Å²) in [5.41, 5.74) is 0. The molecule has 3 aliphatic rings. The molecule has 120 valence electrons. The Balaban J connectivity index is 1.61. The minimum Gasteiger partial charge on any atom is -0.338 e. The topological polar surface area (TPSA) is 66.5 Å². The van der Waals surface area contributed by atoms with Gasteiger partial charge in [-0.25, -0.2) is 8.42 Å². The highest BCUT2D eigenvalue weighted by Crippen LogP contribution is 2.28. The zero-order valence-electron chi connectivity index (χ0n) is 12.6. The third-order valence-corrected chi connectivity index (χ3v) is 7.06. The molecule has 0 aliphatic carbocycles. The van der Waals surface area contributed by atoms with Crippen molar-refractivity contribution in [3.8, 4) is 0 Å². The number of nitrogens with zero attached hydrogens (tertiary/aromatic N) is 1. The van der Waals surface area contributed by atoms with Crippen LogP contribution in [0.15, 0.2) is 0 Å². The van der Waals surface area contributed by atoms with Crippen LogP contribution < -0.4 is 5.32 Å². The molecule has 3 fully saturated rings. The van der Waals surface area contributed by atoms with Gasteiger partial charge in [-0.2, -0.15) is 0 Å². The Bertz CT molecular complexity index is 485. The van der Waals surface area contributed by atoms with Gasteiger partial charge in [0, 0.05) is 25.0 Å². The van der Waals surface area contributed by atoms with E-state index in [9.17, 15) is 13.2 Å². The van der Waals surface area contributed by atoms with Crippen LogP contribution in [0.2, 0.25) is 0 Å². The summed E-state index contributed by atoms with van der Waals surface area (Å²) in [4.78, 5) is 14.7. The summed E-state index contributed by atoms with van der Waals surface area (Å²) < 4.78 is 23.1. The van der Waals surface area contributed by atoms with Crippen molar-refractivity contribution < 1.29 is 13.2 Å². The predicted octanol–water partition coefficient (Wildman–Crippen LogP) is 0.944. The largest absolute Gasteiger partial charge is 0.338 e. The van der Waals surface area contributed by atoms with E-state index in [0.717, 1.165) is 32.4 Å². The van der Waals surface area contributed by atoms with Crippen LogP contribution in [0.3, 0.4) is 0 Å². The Morgan fingerprint density at radius 1 is 1.14 bits per heavy atom. The molecule has 1 amide bonds. The molecule has 1 N–H and O–H groups in total. The minimum atomic E-state index is -2.88. The number of amides is 1. The number of nitrogens with one attached hydrogen (secondary N) is 1. The Labute approximate surface area is 127 Å². The first-order valence-electron chi connectivity index (χ1n) is 8.28. The van der Waals surface area contributed by atoms with Crippen LogP contribution in [0.1, 0.15) is 44.9 Å². The summed E-state index contributed by atoms with van der Waals surface area (Å²) >= 11 is 0. The highest BCUT2D eigenvalue weighted by atomic mass is 32.2. The Morgan fingerprint density at radius 2 is 2.00 bits per heavy atom. The highest BCUT2D eigenvalue weighted by molar-refractivity contribution is 7.91. The maximum absolute atomic E-state index is 12.6. The first-order valence-corrected chi connectivity index (χ1v) is 10.1. The van der Waals surface area contributed by atoms with Gasteiger partial charge in [0.05, 0.1) is 11.5 Å². The van der Waals surface area contributed by atoms with E-state index in [4.69, 9.17) is 0 Å². The molecule has 0 radical (unpaired) electrons. The second-order valence-electron chi connectivity index (χ2n) is 6.83. The van der Waals surface area contributed by atoms with E-state index < -0.39 is 9.84 Å². The van der Waals surface area contributed by atoms with E-state index in [1.165, 1.54) is 12.8 Å². The number of likely N-dealkylation sites (tertiary alicyclic amines) is 1. The van der Waals surface area contributed by atoms with E-state index in [2.05, 4.69) is 10.2 Å². The molecule has 3 aliphatic heterocycles. The van der Waals surface area contributed by atoms with Crippen molar-refractivity contribution in [1.82, 2.24) is 10.2 Å². The second-order valence-corrected chi connectivity index (χ2v) is 9.06. The van der Waals surface area contributed by atoms with E-state index >= 15 is 0 Å². The smallest absolute Gasteiger partial charge is 0.223 e. The van der Waals surface area contributed by atoms with Gasteiger partial charge in [-0.1, -0.05) is 0 Å². The molecule has 0 aromatic rings. The van der Waals surface area contributed by atoms with Crippen LogP contribution in [0.5, 0.6) is 0 Å². The van der Waals surface area contributed by atoms with Crippen molar-refractivity contribution in [2.24, 2.45) is 5.92 Å². The fraction of sp³-hybridized carbons (Fsp3) is 0.933. The van der Waals surface area contributed by atoms with Gasteiger partial charge in [0.15, 0.2) is 9.84 Å². The van der Waals surface area contributed by atoms with Crippen LogP contribution in [0, 0.1) is 5.92 Å². The average Bonchev–Trinajstić information content (AvgIpc) is 3.08. The maximum atomic E-state index is 12.6. The lowest BCUT2D eigenvalue weighted by molar-refractivity contribution is -0.136. The molecule has 3 heterocycles. The maximum Gasteiger partial charge on any atom is 0.223 e. The van der Waals surface area contributed by atoms with Crippen molar-refractivity contribution in [2.45, 2.75) is 57.0 Å². The Kier molecular flexibility index (Phi) is 4.54. The molecule has 3 unspecified atom stereocenters. The molecule has 3 atom stereocenters. The number of hydrogen-bond acceptors (Lipinski definition) is 4. The lowest BCUT2D eigenvalue weighted by atomic mass is 9.93. The third kappa shape index (κ3) is 3.59. The van der Waals surface area contributed by atoms with E-state index in [0.29, 0.717) is 24.9 Å². The molecule has 3 saturated heterocycles. The first-order chi connectivity index (χ1) is 10.1. The molecule has 5 nitrogen and oxygen atoms in total. The summed E-state index contributed by atoms with van der Waals surface area (Å²) in [5, 5.41) is 3.53. The summed E-state index contributed by atoms with van der Waals surface area (Å²) in [7, 11) is -2.88. The van der Waals surface area contributed by atoms with Crippen molar-refractivity contribution in [2.75, 3.05) is 24.6 Å². The van der Waals surface area contributed by atoms with Gasteiger partial charge in [-0.15, -0.1) is 0 Å². The number of hydrogen-bond donors (Lipinski definition) is 1. The summed E-state index contributed by atoms with van der Waals surface area (Å²) in [6.07, 6.45) is 6.81. The van der Waals surface area contributed by atoms with Crippen molar-refractivity contribution in [3.63, 3.8) is 0 Å². The molecule has 0 bridgehead atoms. The zero-order chi connectivity index (χ0) is 14.9. The van der Waals surface area contributed by atoms with Gasteiger partial charge in [-0.3, -0.25) is 4.79 Å². The summed E-state index contributed by atoms with van der Waals surface area (Å²) in [6, 6.07) is 0.772. The summed E-state index contributed by atoms with van der Waals surface area (Å²) in [5.74, 6) is 0.689. The number of carbonyl (C=O) groups is 1. The van der Waals surface area contributed by atoms with Crippen LogP contribution in [-0.4, -0.2) is 55.9 Å². The van der Waals surface area contributed by atoms with E-state index in [-0.39, 0.29) is 23.3 Å². The van der Waals surface area contributed by atoms with Crippen molar-refractivity contribution in [3.05, 3.63) is 0 Å². The van der Waals surface area contributed by atoms with Gasteiger partial charge in [0.2, 0.25) is 5.91 Å². The fourth-order valence-corrected chi connectivity index (χ4v) is 5.98. The SMILES string of the molecule is O=C(CC1CCS(=O)(=O)C1)N1CCCCC1C1CCCN1. The molecule has 0 aromatic heterocycles. The normalized spacial score (nSPS) is 36.0. The van der Waals surface area contributed by atoms with Crippen LogP contribution in [0.4, 0.5) is 0 Å². The molecular formula is C15H26N2O3S. The van der Waals surface area contributed by atoms with E-state index in [1.54, 1.807) is 0 Å². The number of carbonyl (C=O) groups excluding carboxylic acids is 1. The van der Waals surface area contributed by atoms with E-state index in [1.807, 2.05) is 0 Å². The van der Waals surface area contributed by atoms with Gasteiger partial charge in [0.25, 0.3) is 0 Å². The fourth-order valence-electron chi connectivity index (χ4n) is 4.12. The standard InChI is InChI=1S/C15H26N2O3S/c18-15(10-12-6-9-21(19,20)11-12)17-8-2-1-5-14(17)13-4-3-7-16-13/h12-14,16H,1-11H2. The number of piperidine rings is 1. The van der Waals surface area contributed by atoms with Gasteiger partial charge < -0.3 is 10.2 Å². The Hall–Kier alpha value is -0.620. The van der Waals surface area contributed by atoms with Crippen LogP contribution in [-0.2, 0) is 14.6 Å². The molecule has 3 rings (SSSR count). The van der Waals surface area contributed by atoms with Gasteiger partial charge in [-0.05, 0) is 51.0 Å². The zero-order valence-corrected chi connectivity index (χ0v) is 13.4. The lowest BCUT2D eigenvalue weighted by Gasteiger charge is -2.39. The van der Waals surface area contributed by atoms with Gasteiger partial charge in [0.1, 0.15) is 0 Å². The quantitative estimate of drug-likeness (QED) is 0.842. The Morgan fingerprint density at radius 3 is 2.67 bits per heavy atom. The van der Waals surface area contributed by atoms with Crippen LogP contribution in [0.25, 0.3) is 0 Å². The predicted molar refractivity (Wildman–Crippen MR) is 81.8 cm³/mol. The number of sulfone groups is 1. The second kappa shape index (κ2) is 6.24. The first kappa shape index (κ1) is 15.3. The number of rotatable bonds is 3. The van der Waals surface area contributed by atoms with Crippen LogP contribution >= 0.6 is 0 Å². The molecule has 6 heteroatoms. The molecular weight excluding hydrogens is 288 g/mol. The lowest BCUT2D eigenvalue weighted by Crippen LogP contribution is -2.52. The molecule has 0 saturated carbocycles. The molecule has 21 heavy (non-hydrogen) atoms. The van der Waals surface area contributed by atoms with Crippen molar-refractivity contribution in [1.29, 1.82) is 0 Å². The van der Waals surface area contributed by atoms with Crippen molar-refractivity contribution >= 4 is 15.7 Å². The monoisotopic (exact) mass is 314 g/mol. The average molecular weight is 314 g/mol. The highest BCUT2D eigenvalue weighted by Gasteiger charge is 2.36. The third-order valence-electron chi connectivity index (χ3n) is 5.22. The van der Waals surface area contributed by atoms with Gasteiger partial charge >= 0.3 is 0 Å².